The first-order chi connectivity index (χ1) is 9.10. The predicted molar refractivity (Wildman–Crippen MR) is 97.1 cm³/mol. The highest BCUT2D eigenvalue weighted by molar-refractivity contribution is 8.37. The van der Waals surface area contributed by atoms with Crippen molar-refractivity contribution in [3.8, 4) is 0 Å². The zero-order valence-electron chi connectivity index (χ0n) is 12.8. The molecule has 112 valence electrons. The Hall–Kier alpha value is 0.130. The fraction of sp³-hybridized carbons (Fsp3) is 0.857. The highest BCUT2D eigenvalue weighted by Crippen LogP contribution is 2.16. The summed E-state index contributed by atoms with van der Waals surface area (Å²) in [5, 5.41) is 0. The second-order valence-electron chi connectivity index (χ2n) is 4.61. The van der Waals surface area contributed by atoms with Crippen molar-refractivity contribution in [1.82, 2.24) is 9.80 Å². The number of rotatable bonds is 8. The van der Waals surface area contributed by atoms with Crippen LogP contribution in [0.1, 0.15) is 53.4 Å². The molecule has 0 N–H and O–H groups in total. The molecule has 0 aromatic heterocycles. The molecule has 0 rings (SSSR count). The smallest absolute Gasteiger partial charge is 0.143 e. The van der Waals surface area contributed by atoms with Gasteiger partial charge in [-0.15, -0.1) is 0 Å². The molecule has 0 atom stereocenters. The number of thiocarbonyl (C=S) groups is 2. The van der Waals surface area contributed by atoms with Crippen LogP contribution in [-0.4, -0.2) is 44.6 Å². The minimum Gasteiger partial charge on any atom is -0.357 e. The lowest BCUT2D eigenvalue weighted by atomic mass is 10.4. The quantitative estimate of drug-likeness (QED) is 0.604. The summed E-state index contributed by atoms with van der Waals surface area (Å²) in [6, 6.07) is 0. The van der Waals surface area contributed by atoms with E-state index in [1.54, 1.807) is 11.8 Å². The highest BCUT2D eigenvalue weighted by Gasteiger charge is 2.15. The summed E-state index contributed by atoms with van der Waals surface area (Å²) < 4.78 is 1.87. The predicted octanol–water partition coefficient (Wildman–Crippen LogP) is 4.53. The molecule has 0 bridgehead atoms. The molecule has 0 aliphatic rings. The molecule has 0 aliphatic heterocycles. The SMILES string of the molecule is CCCN(CCC)C(=S)SC(=S)N(CCC)CCC. The fourth-order valence-electron chi connectivity index (χ4n) is 1.87. The summed E-state index contributed by atoms with van der Waals surface area (Å²) in [5.41, 5.74) is 0. The van der Waals surface area contributed by atoms with Gasteiger partial charge in [-0.25, -0.2) is 0 Å². The maximum Gasteiger partial charge on any atom is 0.143 e. The molecule has 0 saturated heterocycles. The van der Waals surface area contributed by atoms with Crippen LogP contribution >= 0.6 is 36.2 Å². The van der Waals surface area contributed by atoms with Crippen LogP contribution in [0, 0.1) is 0 Å². The standard InChI is InChI=1S/C14H28N2S3/c1-5-9-15(10-6-2)13(17)19-14(18)16(11-7-3)12-8-4/h5-12H2,1-4H3. The van der Waals surface area contributed by atoms with Gasteiger partial charge in [0.1, 0.15) is 8.64 Å². The van der Waals surface area contributed by atoms with Gasteiger partial charge in [-0.3, -0.25) is 0 Å². The third-order valence-corrected chi connectivity index (χ3v) is 4.55. The summed E-state index contributed by atoms with van der Waals surface area (Å²) in [4.78, 5) is 4.56. The van der Waals surface area contributed by atoms with E-state index in [1.807, 2.05) is 0 Å². The number of hydrogen-bond donors (Lipinski definition) is 0. The third-order valence-electron chi connectivity index (χ3n) is 2.67. The van der Waals surface area contributed by atoms with Crippen LogP contribution in [0.5, 0.6) is 0 Å². The van der Waals surface area contributed by atoms with Crippen LogP contribution < -0.4 is 0 Å². The van der Waals surface area contributed by atoms with Gasteiger partial charge in [0.25, 0.3) is 0 Å². The molecule has 19 heavy (non-hydrogen) atoms. The number of thioether (sulfide) groups is 1. The Labute approximate surface area is 134 Å². The Morgan fingerprint density at radius 3 is 1.16 bits per heavy atom. The number of nitrogens with zero attached hydrogens (tertiary/aromatic N) is 2. The van der Waals surface area contributed by atoms with Crippen molar-refractivity contribution >= 4 is 44.8 Å². The van der Waals surface area contributed by atoms with Crippen molar-refractivity contribution < 1.29 is 0 Å². The fourth-order valence-corrected chi connectivity index (χ4v) is 3.64. The van der Waals surface area contributed by atoms with Crippen molar-refractivity contribution in [1.29, 1.82) is 0 Å². The van der Waals surface area contributed by atoms with E-state index in [4.69, 9.17) is 24.4 Å². The van der Waals surface area contributed by atoms with Crippen molar-refractivity contribution in [2.75, 3.05) is 26.2 Å². The Kier molecular flexibility index (Phi) is 12.0. The van der Waals surface area contributed by atoms with Gasteiger partial charge in [-0.05, 0) is 37.4 Å². The molecule has 0 aromatic carbocycles. The van der Waals surface area contributed by atoms with Gasteiger partial charge in [-0.2, -0.15) is 0 Å². The highest BCUT2D eigenvalue weighted by atomic mass is 32.2. The molecule has 5 heteroatoms. The third kappa shape index (κ3) is 8.10. The molecule has 0 aromatic rings. The van der Waals surface area contributed by atoms with Crippen molar-refractivity contribution in [3.05, 3.63) is 0 Å². The van der Waals surface area contributed by atoms with Crippen LogP contribution in [0.25, 0.3) is 0 Å². The van der Waals surface area contributed by atoms with E-state index in [9.17, 15) is 0 Å². The van der Waals surface area contributed by atoms with Crippen LogP contribution in [0.4, 0.5) is 0 Å². The molecule has 0 fully saturated rings. The first-order valence-corrected chi connectivity index (χ1v) is 8.99. The molecule has 0 heterocycles. The summed E-state index contributed by atoms with van der Waals surface area (Å²) in [7, 11) is 0. The second kappa shape index (κ2) is 11.9. The van der Waals surface area contributed by atoms with E-state index in [-0.39, 0.29) is 0 Å². The Balaban J connectivity index is 4.43. The van der Waals surface area contributed by atoms with Gasteiger partial charge in [0.15, 0.2) is 0 Å². The molecular formula is C14H28N2S3. The zero-order valence-corrected chi connectivity index (χ0v) is 15.2. The topological polar surface area (TPSA) is 6.48 Å². The van der Waals surface area contributed by atoms with Crippen LogP contribution in [0.3, 0.4) is 0 Å². The molecule has 0 spiro atoms. The van der Waals surface area contributed by atoms with E-state index >= 15 is 0 Å². The largest absolute Gasteiger partial charge is 0.357 e. The Morgan fingerprint density at radius 2 is 0.947 bits per heavy atom. The monoisotopic (exact) mass is 320 g/mol. The van der Waals surface area contributed by atoms with E-state index in [0.29, 0.717) is 0 Å². The molecule has 0 unspecified atom stereocenters. The minimum atomic E-state index is 0.936. The average Bonchev–Trinajstić information content (AvgIpc) is 2.38. The molecule has 0 saturated carbocycles. The molecule has 2 nitrogen and oxygen atoms in total. The Bertz CT molecular complexity index is 231. The number of hydrogen-bond acceptors (Lipinski definition) is 3. The van der Waals surface area contributed by atoms with Gasteiger partial charge in [-0.1, -0.05) is 52.1 Å². The summed E-state index contributed by atoms with van der Waals surface area (Å²) in [6.07, 6.45) is 4.50. The van der Waals surface area contributed by atoms with Gasteiger partial charge in [0.05, 0.1) is 0 Å². The maximum absolute atomic E-state index is 5.54. The normalized spacial score (nSPS) is 10.3. The van der Waals surface area contributed by atoms with E-state index in [1.165, 1.54) is 0 Å². The summed E-state index contributed by atoms with van der Waals surface area (Å²) in [6.45, 7) is 12.9. The lowest BCUT2D eigenvalue weighted by Gasteiger charge is -2.28. The van der Waals surface area contributed by atoms with E-state index in [0.717, 1.165) is 60.5 Å². The first-order valence-electron chi connectivity index (χ1n) is 7.36. The molecular weight excluding hydrogens is 292 g/mol. The van der Waals surface area contributed by atoms with Crippen LogP contribution in [0.15, 0.2) is 0 Å². The first kappa shape index (κ1) is 19.1. The summed E-state index contributed by atoms with van der Waals surface area (Å²) in [5.74, 6) is 0. The molecule has 0 aliphatic carbocycles. The van der Waals surface area contributed by atoms with Crippen molar-refractivity contribution in [3.63, 3.8) is 0 Å². The molecule has 0 radical (unpaired) electrons. The lowest BCUT2D eigenvalue weighted by Crippen LogP contribution is -2.34. The lowest BCUT2D eigenvalue weighted by molar-refractivity contribution is 0.427. The van der Waals surface area contributed by atoms with Gasteiger partial charge in [0, 0.05) is 26.2 Å². The van der Waals surface area contributed by atoms with E-state index in [2.05, 4.69) is 37.5 Å². The second-order valence-corrected chi connectivity index (χ2v) is 6.88. The van der Waals surface area contributed by atoms with Crippen LogP contribution in [-0.2, 0) is 0 Å². The Morgan fingerprint density at radius 1 is 0.684 bits per heavy atom. The zero-order chi connectivity index (χ0) is 14.7. The van der Waals surface area contributed by atoms with Gasteiger partial charge in [0.2, 0.25) is 0 Å². The summed E-state index contributed by atoms with van der Waals surface area (Å²) >= 11 is 12.7. The van der Waals surface area contributed by atoms with Crippen molar-refractivity contribution in [2.45, 2.75) is 53.4 Å². The molecule has 0 amide bonds. The average molecular weight is 321 g/mol. The van der Waals surface area contributed by atoms with Gasteiger partial charge < -0.3 is 9.80 Å². The minimum absolute atomic E-state index is 0.936. The van der Waals surface area contributed by atoms with Crippen LogP contribution in [0.2, 0.25) is 0 Å². The maximum atomic E-state index is 5.54. The van der Waals surface area contributed by atoms with Gasteiger partial charge >= 0.3 is 0 Å². The van der Waals surface area contributed by atoms with E-state index < -0.39 is 0 Å². The van der Waals surface area contributed by atoms with Crippen molar-refractivity contribution in [2.24, 2.45) is 0 Å².